The maximum atomic E-state index is 14.2. The number of aliphatic hydroxyl groups is 1. The van der Waals surface area contributed by atoms with Crippen molar-refractivity contribution in [3.05, 3.63) is 106 Å². The monoisotopic (exact) mass is 648 g/mol. The summed E-state index contributed by atoms with van der Waals surface area (Å²) in [5, 5.41) is 11.7. The van der Waals surface area contributed by atoms with Crippen molar-refractivity contribution in [1.29, 1.82) is 0 Å². The summed E-state index contributed by atoms with van der Waals surface area (Å²) in [4.78, 5) is 43.5. The number of amides is 2. The van der Waals surface area contributed by atoms with E-state index in [1.165, 1.54) is 12.1 Å². The third-order valence-corrected chi connectivity index (χ3v) is 8.68. The minimum atomic E-state index is -1.05. The molecule has 7 nitrogen and oxygen atoms in total. The van der Waals surface area contributed by atoms with Crippen molar-refractivity contribution in [2.75, 3.05) is 26.2 Å². The van der Waals surface area contributed by atoms with Crippen LogP contribution in [0.25, 0.3) is 0 Å². The van der Waals surface area contributed by atoms with Crippen LogP contribution in [0.3, 0.4) is 0 Å². The second-order valence-corrected chi connectivity index (χ2v) is 12.6. The minimum Gasteiger partial charge on any atom is -0.445 e. The van der Waals surface area contributed by atoms with E-state index in [0.717, 1.165) is 30.0 Å². The second kappa shape index (κ2) is 17.2. The molecule has 0 unspecified atom stereocenters. The van der Waals surface area contributed by atoms with Gasteiger partial charge in [-0.1, -0.05) is 44.2 Å². The lowest BCUT2D eigenvalue weighted by molar-refractivity contribution is 0.00617. The zero-order chi connectivity index (χ0) is 33.9. The maximum absolute atomic E-state index is 14.2. The van der Waals surface area contributed by atoms with Gasteiger partial charge < -0.3 is 19.6 Å². The van der Waals surface area contributed by atoms with Crippen molar-refractivity contribution in [1.82, 2.24) is 9.80 Å². The molecule has 9 heteroatoms. The van der Waals surface area contributed by atoms with Crippen molar-refractivity contribution < 1.29 is 33.0 Å². The number of ether oxygens (including phenoxy) is 1. The fourth-order valence-electron chi connectivity index (χ4n) is 6.46. The highest BCUT2D eigenvalue weighted by molar-refractivity contribution is 6.01. The lowest BCUT2D eigenvalue weighted by Crippen LogP contribution is -2.46. The fourth-order valence-corrected chi connectivity index (χ4v) is 6.46. The number of piperidine rings is 1. The first-order valence-corrected chi connectivity index (χ1v) is 16.6. The van der Waals surface area contributed by atoms with Crippen LogP contribution in [-0.4, -0.2) is 65.0 Å². The van der Waals surface area contributed by atoms with Gasteiger partial charge in [0.05, 0.1) is 6.10 Å². The number of halogens is 2. The molecule has 1 fully saturated rings. The lowest BCUT2D eigenvalue weighted by atomic mass is 9.79. The van der Waals surface area contributed by atoms with Crippen molar-refractivity contribution in [2.45, 2.75) is 72.0 Å². The van der Waals surface area contributed by atoms with Gasteiger partial charge in [-0.2, -0.15) is 0 Å². The molecule has 0 radical (unpaired) electrons. The molecule has 0 aliphatic carbocycles. The first-order chi connectivity index (χ1) is 22.6. The molecule has 0 saturated carbocycles. The molecule has 3 aromatic carbocycles. The van der Waals surface area contributed by atoms with Crippen molar-refractivity contribution in [2.24, 2.45) is 11.8 Å². The maximum Gasteiger partial charge on any atom is 0.410 e. The van der Waals surface area contributed by atoms with E-state index in [0.29, 0.717) is 49.2 Å². The topological polar surface area (TPSA) is 87.2 Å². The smallest absolute Gasteiger partial charge is 0.410 e. The number of hydrogen-bond donors (Lipinski definition) is 1. The first kappa shape index (κ1) is 35.7. The standard InChI is InChI=1S/C38H46F2N2O5/c1-4-13-41(14-5-2)37(45)32-17-26(3)16-30(21-32)35(43)22-31(18-28-19-33(39)23-34(40)20-28)36(44)29-12-9-15-42(24-29)38(46)47-25-27-10-7-6-8-11-27/h6-8,10-11,16-17,19-21,23,29,31,36,44H,4-5,9,12-15,18,22,24-25H2,1-3H3/t29-,31-,36-/m1/s1. The number of aliphatic hydroxyl groups excluding tert-OH is 1. The van der Waals surface area contributed by atoms with E-state index in [4.69, 9.17) is 4.74 Å². The average Bonchev–Trinajstić information content (AvgIpc) is 3.06. The normalized spacial score (nSPS) is 16.0. The highest BCUT2D eigenvalue weighted by Gasteiger charge is 2.35. The number of benzene rings is 3. The molecule has 1 heterocycles. The van der Waals surface area contributed by atoms with Crippen LogP contribution >= 0.6 is 0 Å². The summed E-state index contributed by atoms with van der Waals surface area (Å²) in [6, 6.07) is 17.6. The molecule has 2 amide bonds. The third kappa shape index (κ3) is 10.2. The van der Waals surface area contributed by atoms with Crippen molar-refractivity contribution in [3.63, 3.8) is 0 Å². The molecule has 47 heavy (non-hydrogen) atoms. The van der Waals surface area contributed by atoms with E-state index < -0.39 is 29.7 Å². The zero-order valence-corrected chi connectivity index (χ0v) is 27.6. The molecule has 3 atom stereocenters. The van der Waals surface area contributed by atoms with E-state index >= 15 is 0 Å². The highest BCUT2D eigenvalue weighted by atomic mass is 19.1. The summed E-state index contributed by atoms with van der Waals surface area (Å²) in [5.41, 5.74) is 2.72. The van der Waals surface area contributed by atoms with E-state index in [1.807, 2.05) is 51.1 Å². The van der Waals surface area contributed by atoms with Gasteiger partial charge in [0.1, 0.15) is 18.2 Å². The quantitative estimate of drug-likeness (QED) is 0.185. The van der Waals surface area contributed by atoms with Crippen LogP contribution in [-0.2, 0) is 17.8 Å². The Bertz CT molecular complexity index is 1490. The van der Waals surface area contributed by atoms with Gasteiger partial charge in [-0.3, -0.25) is 9.59 Å². The van der Waals surface area contributed by atoms with Crippen LogP contribution in [0, 0.1) is 30.4 Å². The molecule has 1 aliphatic heterocycles. The van der Waals surface area contributed by atoms with Gasteiger partial charge in [-0.05, 0) is 92.0 Å². The van der Waals surface area contributed by atoms with E-state index in [-0.39, 0.29) is 43.6 Å². The number of likely N-dealkylation sites (tertiary alicyclic amines) is 1. The zero-order valence-electron chi connectivity index (χ0n) is 27.6. The summed E-state index contributed by atoms with van der Waals surface area (Å²) in [6.07, 6.45) is 1.27. The second-order valence-electron chi connectivity index (χ2n) is 12.6. The molecule has 4 rings (SSSR count). The fraction of sp³-hybridized carbons (Fsp3) is 0.447. The summed E-state index contributed by atoms with van der Waals surface area (Å²) in [7, 11) is 0. The molecule has 1 saturated heterocycles. The van der Waals surface area contributed by atoms with Crippen LogP contribution in [0.2, 0.25) is 0 Å². The van der Waals surface area contributed by atoms with Crippen LogP contribution in [0.15, 0.2) is 66.7 Å². The Morgan fingerprint density at radius 2 is 1.60 bits per heavy atom. The molecule has 0 spiro atoms. The molecule has 3 aromatic rings. The summed E-state index contributed by atoms with van der Waals surface area (Å²) in [6.45, 7) is 7.90. The number of aryl methyl sites for hydroxylation is 1. The van der Waals surface area contributed by atoms with Gasteiger partial charge in [-0.15, -0.1) is 0 Å². The van der Waals surface area contributed by atoms with E-state index in [9.17, 15) is 28.3 Å². The van der Waals surface area contributed by atoms with Crippen LogP contribution in [0.1, 0.15) is 83.4 Å². The molecule has 1 N–H and O–H groups in total. The highest BCUT2D eigenvalue weighted by Crippen LogP contribution is 2.30. The summed E-state index contributed by atoms with van der Waals surface area (Å²) < 4.78 is 33.9. The number of rotatable bonds is 14. The number of ketones is 1. The third-order valence-electron chi connectivity index (χ3n) is 8.68. The first-order valence-electron chi connectivity index (χ1n) is 16.6. The Morgan fingerprint density at radius 3 is 2.26 bits per heavy atom. The molecule has 0 bridgehead atoms. The Morgan fingerprint density at radius 1 is 0.936 bits per heavy atom. The SMILES string of the molecule is CCCN(CCC)C(=O)c1cc(C)cc(C(=O)C[C@@H](Cc2cc(F)cc(F)c2)[C@H](O)[C@@H]2CCCN(C(=O)OCc3ccccc3)C2)c1. The summed E-state index contributed by atoms with van der Waals surface area (Å²) >= 11 is 0. The molecular formula is C38H46F2N2O5. The number of Topliss-reactive ketones (excluding diaryl/α,β-unsaturated/α-hetero) is 1. The van der Waals surface area contributed by atoms with Gasteiger partial charge in [0.2, 0.25) is 0 Å². The Kier molecular flexibility index (Phi) is 13.0. The molecular weight excluding hydrogens is 602 g/mol. The van der Waals surface area contributed by atoms with Gasteiger partial charge in [0, 0.05) is 55.7 Å². The number of hydrogen-bond acceptors (Lipinski definition) is 5. The largest absolute Gasteiger partial charge is 0.445 e. The van der Waals surface area contributed by atoms with Crippen LogP contribution in [0.5, 0.6) is 0 Å². The number of nitrogens with zero attached hydrogens (tertiary/aromatic N) is 2. The molecule has 252 valence electrons. The van der Waals surface area contributed by atoms with Crippen LogP contribution < -0.4 is 0 Å². The summed E-state index contributed by atoms with van der Waals surface area (Å²) in [5.74, 6) is -2.98. The van der Waals surface area contributed by atoms with Crippen LogP contribution in [0.4, 0.5) is 13.6 Å². The van der Waals surface area contributed by atoms with E-state index in [2.05, 4.69) is 0 Å². The van der Waals surface area contributed by atoms with Gasteiger partial charge in [0.25, 0.3) is 5.91 Å². The number of carbonyl (C=O) groups excluding carboxylic acids is 3. The molecule has 0 aromatic heterocycles. The average molecular weight is 649 g/mol. The Hall–Kier alpha value is -4.11. The predicted molar refractivity (Wildman–Crippen MR) is 177 cm³/mol. The molecule has 1 aliphatic rings. The Labute approximate surface area is 276 Å². The van der Waals surface area contributed by atoms with Crippen molar-refractivity contribution >= 4 is 17.8 Å². The van der Waals surface area contributed by atoms with Gasteiger partial charge in [0.15, 0.2) is 5.78 Å². The predicted octanol–water partition coefficient (Wildman–Crippen LogP) is 7.38. The number of carbonyl (C=O) groups is 3. The van der Waals surface area contributed by atoms with Crippen molar-refractivity contribution in [3.8, 4) is 0 Å². The van der Waals surface area contributed by atoms with Gasteiger partial charge in [-0.25, -0.2) is 13.6 Å². The lowest BCUT2D eigenvalue weighted by Gasteiger charge is -2.37. The Balaban J connectivity index is 1.54. The minimum absolute atomic E-state index is 0.0505. The van der Waals surface area contributed by atoms with Gasteiger partial charge >= 0.3 is 6.09 Å². The van der Waals surface area contributed by atoms with E-state index in [1.54, 1.807) is 28.0 Å².